The second-order valence-electron chi connectivity index (χ2n) is 8.12. The Morgan fingerprint density at radius 2 is 1.72 bits per heavy atom. The van der Waals surface area contributed by atoms with Crippen molar-refractivity contribution in [1.29, 1.82) is 0 Å². The highest BCUT2D eigenvalue weighted by Gasteiger charge is 2.22. The van der Waals surface area contributed by atoms with E-state index < -0.39 is 10.0 Å². The molecule has 0 aliphatic heterocycles. The number of aromatic nitrogens is 2. The topological polar surface area (TPSA) is 123 Å². The van der Waals surface area contributed by atoms with Crippen molar-refractivity contribution in [3.05, 3.63) is 60.0 Å². The van der Waals surface area contributed by atoms with Gasteiger partial charge in [-0.05, 0) is 48.5 Å². The fraction of sp³-hybridized carbons (Fsp3) is 0.318. The van der Waals surface area contributed by atoms with Gasteiger partial charge < -0.3 is 14.6 Å². The van der Waals surface area contributed by atoms with Crippen LogP contribution in [0, 0.1) is 0 Å². The third kappa shape index (κ3) is 5.78. The van der Waals surface area contributed by atoms with Gasteiger partial charge in [0.1, 0.15) is 0 Å². The molecule has 0 saturated carbocycles. The van der Waals surface area contributed by atoms with Gasteiger partial charge in [0.15, 0.2) is 0 Å². The van der Waals surface area contributed by atoms with Gasteiger partial charge in [0.05, 0.1) is 11.5 Å². The first kappa shape index (κ1) is 23.6. The van der Waals surface area contributed by atoms with Gasteiger partial charge >= 0.3 is 0 Å². The van der Waals surface area contributed by atoms with Crippen molar-refractivity contribution < 1.29 is 22.5 Å². The highest BCUT2D eigenvalue weighted by Crippen LogP contribution is 2.24. The SMILES string of the molecule is COCCNS(=O)(=O)c1ccc(C(=O)Nc2ccc(-c3noc(C(C)(C)C)n3)cc2)cc1. The van der Waals surface area contributed by atoms with E-state index in [0.717, 1.165) is 5.56 Å². The van der Waals surface area contributed by atoms with Crippen LogP contribution in [0.5, 0.6) is 0 Å². The zero-order valence-corrected chi connectivity index (χ0v) is 19.2. The average Bonchev–Trinajstić information content (AvgIpc) is 3.25. The van der Waals surface area contributed by atoms with Gasteiger partial charge in [0.2, 0.25) is 21.7 Å². The molecule has 2 aromatic carbocycles. The van der Waals surface area contributed by atoms with Gasteiger partial charge in [-0.2, -0.15) is 4.98 Å². The fourth-order valence-electron chi connectivity index (χ4n) is 2.70. The van der Waals surface area contributed by atoms with Gasteiger partial charge in [-0.25, -0.2) is 13.1 Å². The minimum atomic E-state index is -3.65. The van der Waals surface area contributed by atoms with E-state index in [2.05, 4.69) is 20.2 Å². The summed E-state index contributed by atoms with van der Waals surface area (Å²) in [7, 11) is -2.16. The number of ether oxygens (including phenoxy) is 1. The molecule has 170 valence electrons. The molecule has 0 radical (unpaired) electrons. The van der Waals surface area contributed by atoms with Crippen LogP contribution in [0.2, 0.25) is 0 Å². The Morgan fingerprint density at radius 1 is 1.06 bits per heavy atom. The zero-order chi connectivity index (χ0) is 23.4. The van der Waals surface area contributed by atoms with Gasteiger partial charge in [-0.3, -0.25) is 4.79 Å². The molecule has 2 N–H and O–H groups in total. The van der Waals surface area contributed by atoms with Gasteiger partial charge in [0.25, 0.3) is 5.91 Å². The molecule has 0 saturated heterocycles. The summed E-state index contributed by atoms with van der Waals surface area (Å²) in [5, 5.41) is 6.79. The first-order valence-electron chi connectivity index (χ1n) is 9.95. The summed E-state index contributed by atoms with van der Waals surface area (Å²) in [6, 6.07) is 12.7. The van der Waals surface area contributed by atoms with E-state index in [1.165, 1.54) is 31.4 Å². The van der Waals surface area contributed by atoms with Crippen LogP contribution < -0.4 is 10.0 Å². The predicted molar refractivity (Wildman–Crippen MR) is 120 cm³/mol. The van der Waals surface area contributed by atoms with Crippen LogP contribution in [-0.4, -0.2) is 44.7 Å². The Hall–Kier alpha value is -3.08. The number of carbonyl (C=O) groups excluding carboxylic acids is 1. The number of benzene rings is 2. The molecule has 0 aliphatic carbocycles. The van der Waals surface area contributed by atoms with Gasteiger partial charge in [-0.1, -0.05) is 25.9 Å². The number of rotatable bonds is 8. The summed E-state index contributed by atoms with van der Waals surface area (Å²) < 4.78 is 37.0. The lowest BCUT2D eigenvalue weighted by Gasteiger charge is -2.10. The van der Waals surface area contributed by atoms with E-state index in [-0.39, 0.29) is 29.4 Å². The normalized spacial score (nSPS) is 12.0. The number of nitrogens with zero attached hydrogens (tertiary/aromatic N) is 2. The molecule has 3 rings (SSSR count). The maximum atomic E-state index is 12.5. The number of amides is 1. The summed E-state index contributed by atoms with van der Waals surface area (Å²) in [6.45, 7) is 6.40. The van der Waals surface area contributed by atoms with Crippen molar-refractivity contribution in [3.8, 4) is 11.4 Å². The molecule has 0 fully saturated rings. The second kappa shape index (κ2) is 9.60. The van der Waals surface area contributed by atoms with Crippen molar-refractivity contribution in [2.24, 2.45) is 0 Å². The van der Waals surface area contributed by atoms with E-state index >= 15 is 0 Å². The molecule has 0 spiro atoms. The Bertz CT molecular complexity index is 1160. The number of hydrogen-bond acceptors (Lipinski definition) is 7. The average molecular weight is 459 g/mol. The molecule has 0 unspecified atom stereocenters. The lowest BCUT2D eigenvalue weighted by Crippen LogP contribution is -2.27. The van der Waals surface area contributed by atoms with Crippen molar-refractivity contribution in [3.63, 3.8) is 0 Å². The molecule has 9 nitrogen and oxygen atoms in total. The van der Waals surface area contributed by atoms with E-state index in [9.17, 15) is 13.2 Å². The largest absolute Gasteiger partial charge is 0.383 e. The molecule has 0 aliphatic rings. The highest BCUT2D eigenvalue weighted by atomic mass is 32.2. The van der Waals surface area contributed by atoms with Crippen LogP contribution in [0.15, 0.2) is 57.9 Å². The summed E-state index contributed by atoms with van der Waals surface area (Å²) in [5.74, 6) is 0.663. The predicted octanol–water partition coefficient (Wildman–Crippen LogP) is 3.21. The van der Waals surface area contributed by atoms with Crippen LogP contribution in [0.4, 0.5) is 5.69 Å². The Labute approximate surface area is 187 Å². The Kier molecular flexibility index (Phi) is 7.07. The van der Waals surface area contributed by atoms with Crippen molar-refractivity contribution >= 4 is 21.6 Å². The van der Waals surface area contributed by atoms with E-state index in [0.29, 0.717) is 23.0 Å². The summed E-state index contributed by atoms with van der Waals surface area (Å²) in [6.07, 6.45) is 0. The van der Waals surface area contributed by atoms with E-state index in [1.54, 1.807) is 24.3 Å². The Balaban J connectivity index is 1.65. The van der Waals surface area contributed by atoms with Crippen LogP contribution >= 0.6 is 0 Å². The smallest absolute Gasteiger partial charge is 0.255 e. The second-order valence-corrected chi connectivity index (χ2v) is 9.89. The zero-order valence-electron chi connectivity index (χ0n) is 18.4. The van der Waals surface area contributed by atoms with Crippen LogP contribution in [0.1, 0.15) is 37.0 Å². The third-order valence-electron chi connectivity index (χ3n) is 4.49. The van der Waals surface area contributed by atoms with Crippen molar-refractivity contribution in [2.45, 2.75) is 31.1 Å². The molecule has 32 heavy (non-hydrogen) atoms. The van der Waals surface area contributed by atoms with Crippen molar-refractivity contribution in [1.82, 2.24) is 14.9 Å². The van der Waals surface area contributed by atoms with Gasteiger partial charge in [-0.15, -0.1) is 0 Å². The minimum Gasteiger partial charge on any atom is -0.383 e. The Morgan fingerprint density at radius 3 is 2.28 bits per heavy atom. The molecule has 1 aromatic heterocycles. The number of hydrogen-bond donors (Lipinski definition) is 2. The first-order valence-corrected chi connectivity index (χ1v) is 11.4. The lowest BCUT2D eigenvalue weighted by molar-refractivity contribution is 0.102. The molecule has 1 amide bonds. The quantitative estimate of drug-likeness (QED) is 0.497. The molecular formula is C22H26N4O5S. The number of carbonyl (C=O) groups is 1. The molecule has 10 heteroatoms. The molecular weight excluding hydrogens is 432 g/mol. The van der Waals surface area contributed by atoms with Crippen LogP contribution in [0.25, 0.3) is 11.4 Å². The number of methoxy groups -OCH3 is 1. The van der Waals surface area contributed by atoms with Gasteiger partial charge in [0, 0.05) is 35.9 Å². The number of nitrogens with one attached hydrogen (secondary N) is 2. The molecule has 0 bridgehead atoms. The maximum Gasteiger partial charge on any atom is 0.255 e. The van der Waals surface area contributed by atoms with Crippen LogP contribution in [-0.2, 0) is 20.2 Å². The van der Waals surface area contributed by atoms with Crippen molar-refractivity contribution in [2.75, 3.05) is 25.6 Å². The van der Waals surface area contributed by atoms with Crippen LogP contribution in [0.3, 0.4) is 0 Å². The molecule has 1 heterocycles. The summed E-state index contributed by atoms with van der Waals surface area (Å²) >= 11 is 0. The minimum absolute atomic E-state index is 0.0734. The number of anilines is 1. The monoisotopic (exact) mass is 458 g/mol. The third-order valence-corrected chi connectivity index (χ3v) is 5.97. The molecule has 3 aromatic rings. The molecule has 0 atom stereocenters. The lowest BCUT2D eigenvalue weighted by atomic mass is 9.97. The van der Waals surface area contributed by atoms with E-state index in [1.807, 2.05) is 20.8 Å². The standard InChI is InChI=1S/C22H26N4O5S/c1-22(2,3)21-25-19(26-31-21)15-5-9-17(10-6-15)24-20(27)16-7-11-18(12-8-16)32(28,29)23-13-14-30-4/h5-12,23H,13-14H2,1-4H3,(H,24,27). The number of sulfonamides is 1. The highest BCUT2D eigenvalue weighted by molar-refractivity contribution is 7.89. The maximum absolute atomic E-state index is 12.5. The summed E-state index contributed by atoms with van der Waals surface area (Å²) in [5.41, 5.74) is 1.43. The first-order chi connectivity index (χ1) is 15.1. The fourth-order valence-corrected chi connectivity index (χ4v) is 3.71. The summed E-state index contributed by atoms with van der Waals surface area (Å²) in [4.78, 5) is 17.0. The van der Waals surface area contributed by atoms with E-state index in [4.69, 9.17) is 9.26 Å².